The maximum Gasteiger partial charge on any atom is 0.231 e. The molecule has 2 aromatic carbocycles. The molecule has 6 heteroatoms. The molecule has 4 rings (SSSR count). The van der Waals surface area contributed by atoms with Crippen LogP contribution in [-0.2, 0) is 4.79 Å². The largest absolute Gasteiger partial charge is 0.346 e. The fourth-order valence-electron chi connectivity index (χ4n) is 2.79. The molecule has 0 radical (unpaired) electrons. The number of fused-ring (bicyclic) bond motifs is 1. The van der Waals surface area contributed by atoms with Gasteiger partial charge >= 0.3 is 0 Å². The molecule has 4 nitrogen and oxygen atoms in total. The first-order valence-corrected chi connectivity index (χ1v) is 8.60. The van der Waals surface area contributed by atoms with Crippen molar-refractivity contribution in [3.63, 3.8) is 0 Å². The molecule has 0 saturated carbocycles. The number of nitrogens with one attached hydrogen (secondary N) is 1. The Hall–Kier alpha value is -2.47. The van der Waals surface area contributed by atoms with E-state index < -0.39 is 0 Å². The molecule has 1 amide bonds. The van der Waals surface area contributed by atoms with E-state index in [2.05, 4.69) is 10.3 Å². The molecular formula is C18H16FN3OS. The lowest BCUT2D eigenvalue weighted by Gasteiger charge is -2.38. The molecule has 1 aliphatic rings. The Kier molecular flexibility index (Phi) is 3.69. The van der Waals surface area contributed by atoms with Crippen molar-refractivity contribution in [3.8, 4) is 0 Å². The molecule has 1 aromatic heterocycles. The van der Waals surface area contributed by atoms with Crippen LogP contribution in [0.1, 0.15) is 5.56 Å². The number of carbonyl (C=O) groups excluding carboxylic acids is 1. The molecular weight excluding hydrogens is 325 g/mol. The Morgan fingerprint density at radius 3 is 2.79 bits per heavy atom. The van der Waals surface area contributed by atoms with Crippen molar-refractivity contribution < 1.29 is 9.18 Å². The van der Waals surface area contributed by atoms with Crippen molar-refractivity contribution in [1.82, 2.24) is 4.98 Å². The Labute approximate surface area is 142 Å². The van der Waals surface area contributed by atoms with Gasteiger partial charge in [-0.3, -0.25) is 4.79 Å². The number of halogens is 1. The molecule has 0 atom stereocenters. The minimum Gasteiger partial charge on any atom is -0.346 e. The van der Waals surface area contributed by atoms with Crippen LogP contribution in [0.25, 0.3) is 10.2 Å². The molecule has 1 aliphatic heterocycles. The van der Waals surface area contributed by atoms with E-state index in [1.165, 1.54) is 17.4 Å². The Bertz CT molecular complexity index is 918. The number of carbonyl (C=O) groups is 1. The number of anilines is 2. The van der Waals surface area contributed by atoms with Crippen LogP contribution in [-0.4, -0.2) is 24.0 Å². The summed E-state index contributed by atoms with van der Waals surface area (Å²) in [5.41, 5.74) is 2.30. The van der Waals surface area contributed by atoms with Crippen LogP contribution in [0.2, 0.25) is 0 Å². The number of hydrogen-bond donors (Lipinski definition) is 1. The van der Waals surface area contributed by atoms with E-state index in [4.69, 9.17) is 0 Å². The summed E-state index contributed by atoms with van der Waals surface area (Å²) in [6.07, 6.45) is 0. The van der Waals surface area contributed by atoms with E-state index in [9.17, 15) is 9.18 Å². The second kappa shape index (κ2) is 5.87. The van der Waals surface area contributed by atoms with Gasteiger partial charge in [-0.2, -0.15) is 0 Å². The van der Waals surface area contributed by atoms with Crippen LogP contribution >= 0.6 is 11.3 Å². The second-order valence-corrected chi connectivity index (χ2v) is 7.00. The Morgan fingerprint density at radius 2 is 2.04 bits per heavy atom. The highest BCUT2D eigenvalue weighted by molar-refractivity contribution is 7.22. The van der Waals surface area contributed by atoms with E-state index in [1.807, 2.05) is 42.2 Å². The lowest BCUT2D eigenvalue weighted by Crippen LogP contribution is -2.52. The first kappa shape index (κ1) is 15.1. The lowest BCUT2D eigenvalue weighted by molar-refractivity contribution is -0.120. The zero-order valence-corrected chi connectivity index (χ0v) is 13.9. The quantitative estimate of drug-likeness (QED) is 0.788. The average molecular weight is 341 g/mol. The topological polar surface area (TPSA) is 45.2 Å². The summed E-state index contributed by atoms with van der Waals surface area (Å²) in [4.78, 5) is 18.7. The van der Waals surface area contributed by atoms with Gasteiger partial charge in [0, 0.05) is 18.8 Å². The summed E-state index contributed by atoms with van der Waals surface area (Å²) in [6.45, 7) is 3.19. The minimum atomic E-state index is -0.302. The van der Waals surface area contributed by atoms with Crippen LogP contribution in [0.4, 0.5) is 15.2 Å². The molecule has 122 valence electrons. The molecule has 0 spiro atoms. The summed E-state index contributed by atoms with van der Waals surface area (Å²) in [5.74, 6) is -0.348. The highest BCUT2D eigenvalue weighted by Gasteiger charge is 2.34. The number of aromatic nitrogens is 1. The summed E-state index contributed by atoms with van der Waals surface area (Å²) < 4.78 is 14.6. The second-order valence-electron chi connectivity index (χ2n) is 5.99. The van der Waals surface area contributed by atoms with Gasteiger partial charge in [-0.25, -0.2) is 9.37 Å². The number of amides is 1. The van der Waals surface area contributed by atoms with Gasteiger partial charge in [0.2, 0.25) is 5.91 Å². The fourth-order valence-corrected chi connectivity index (χ4v) is 3.79. The van der Waals surface area contributed by atoms with Gasteiger partial charge in [0.15, 0.2) is 5.13 Å². The SMILES string of the molecule is Cc1ccccc1NC(=O)C1CN(c2nc3c(F)cccc3s2)C1. The standard InChI is InChI=1S/C18H16FN3OS/c1-11-5-2-3-7-14(11)20-17(23)12-9-22(10-12)18-21-16-13(19)6-4-8-15(16)24-18/h2-8,12H,9-10H2,1H3,(H,20,23). The summed E-state index contributed by atoms with van der Waals surface area (Å²) in [5, 5.41) is 3.75. The average Bonchev–Trinajstić information content (AvgIpc) is 2.93. The minimum absolute atomic E-state index is 0.0211. The number of para-hydroxylation sites is 2. The number of nitrogens with zero attached hydrogens (tertiary/aromatic N) is 2. The first-order chi connectivity index (χ1) is 11.6. The van der Waals surface area contributed by atoms with Gasteiger partial charge in [-0.1, -0.05) is 35.6 Å². The molecule has 0 aliphatic carbocycles. The van der Waals surface area contributed by atoms with Gasteiger partial charge in [0.1, 0.15) is 11.3 Å². The molecule has 2 heterocycles. The van der Waals surface area contributed by atoms with E-state index in [0.29, 0.717) is 18.6 Å². The zero-order chi connectivity index (χ0) is 16.7. The molecule has 3 aromatic rings. The summed E-state index contributed by atoms with van der Waals surface area (Å²) in [7, 11) is 0. The van der Waals surface area contributed by atoms with Gasteiger partial charge < -0.3 is 10.2 Å². The molecule has 1 fully saturated rings. The molecule has 1 N–H and O–H groups in total. The van der Waals surface area contributed by atoms with E-state index >= 15 is 0 Å². The van der Waals surface area contributed by atoms with Gasteiger partial charge in [0.05, 0.1) is 10.6 Å². The first-order valence-electron chi connectivity index (χ1n) is 7.78. The normalized spacial score (nSPS) is 14.7. The third-order valence-electron chi connectivity index (χ3n) is 4.28. The molecule has 0 bridgehead atoms. The lowest BCUT2D eigenvalue weighted by atomic mass is 10.00. The van der Waals surface area contributed by atoms with Crippen LogP contribution < -0.4 is 10.2 Å². The summed E-state index contributed by atoms with van der Waals surface area (Å²) >= 11 is 1.46. The van der Waals surface area contributed by atoms with Crippen molar-refractivity contribution in [2.75, 3.05) is 23.3 Å². The smallest absolute Gasteiger partial charge is 0.231 e. The number of rotatable bonds is 3. The van der Waals surface area contributed by atoms with Gasteiger partial charge in [-0.05, 0) is 30.7 Å². The predicted molar refractivity (Wildman–Crippen MR) is 95.1 cm³/mol. The third kappa shape index (κ3) is 2.63. The van der Waals surface area contributed by atoms with Crippen molar-refractivity contribution in [2.24, 2.45) is 5.92 Å². The monoisotopic (exact) mass is 341 g/mol. The Morgan fingerprint density at radius 1 is 1.25 bits per heavy atom. The fraction of sp³-hybridized carbons (Fsp3) is 0.222. The molecule has 0 unspecified atom stereocenters. The number of thiazole rings is 1. The summed E-state index contributed by atoms with van der Waals surface area (Å²) in [6, 6.07) is 12.7. The van der Waals surface area contributed by atoms with Gasteiger partial charge in [-0.15, -0.1) is 0 Å². The highest BCUT2D eigenvalue weighted by Crippen LogP contribution is 2.34. The zero-order valence-electron chi connectivity index (χ0n) is 13.1. The molecule has 24 heavy (non-hydrogen) atoms. The van der Waals surface area contributed by atoms with E-state index in [-0.39, 0.29) is 17.6 Å². The van der Waals surface area contributed by atoms with Crippen LogP contribution in [0, 0.1) is 18.7 Å². The van der Waals surface area contributed by atoms with Crippen molar-refractivity contribution in [1.29, 1.82) is 0 Å². The highest BCUT2D eigenvalue weighted by atomic mass is 32.1. The number of benzene rings is 2. The number of hydrogen-bond acceptors (Lipinski definition) is 4. The van der Waals surface area contributed by atoms with Crippen molar-refractivity contribution in [3.05, 3.63) is 53.8 Å². The predicted octanol–water partition coefficient (Wildman–Crippen LogP) is 3.82. The molecule has 1 saturated heterocycles. The van der Waals surface area contributed by atoms with Crippen LogP contribution in [0.5, 0.6) is 0 Å². The van der Waals surface area contributed by atoms with Crippen LogP contribution in [0.15, 0.2) is 42.5 Å². The number of aryl methyl sites for hydroxylation is 1. The van der Waals surface area contributed by atoms with Crippen molar-refractivity contribution >= 4 is 38.3 Å². The third-order valence-corrected chi connectivity index (χ3v) is 5.37. The van der Waals surface area contributed by atoms with E-state index in [0.717, 1.165) is 21.1 Å². The van der Waals surface area contributed by atoms with Crippen molar-refractivity contribution in [2.45, 2.75) is 6.92 Å². The maximum absolute atomic E-state index is 13.7. The van der Waals surface area contributed by atoms with Gasteiger partial charge in [0.25, 0.3) is 0 Å². The van der Waals surface area contributed by atoms with E-state index in [1.54, 1.807) is 6.07 Å². The maximum atomic E-state index is 13.7. The van der Waals surface area contributed by atoms with Crippen LogP contribution in [0.3, 0.4) is 0 Å². The Balaban J connectivity index is 1.43.